The molecule has 2 aromatic heterocycles. The molecule has 0 saturated heterocycles. The van der Waals surface area contributed by atoms with Crippen LogP contribution in [-0.4, -0.2) is 26.4 Å². The highest BCUT2D eigenvalue weighted by Gasteiger charge is 2.20. The molecule has 0 aromatic carbocycles. The van der Waals surface area contributed by atoms with Crippen LogP contribution in [0.15, 0.2) is 11.0 Å². The van der Waals surface area contributed by atoms with Crippen LogP contribution >= 0.6 is 0 Å². The molecule has 0 bridgehead atoms. The van der Waals surface area contributed by atoms with Crippen LogP contribution in [0.25, 0.3) is 11.0 Å². The zero-order valence-corrected chi connectivity index (χ0v) is 10.8. The van der Waals surface area contributed by atoms with Crippen molar-refractivity contribution in [2.45, 2.75) is 26.3 Å². The lowest BCUT2D eigenvalue weighted by atomic mass is 10.1. The monoisotopic (exact) mass is 235 g/mol. The molecule has 1 N–H and O–H groups in total. The zero-order valence-electron chi connectivity index (χ0n) is 10.8. The Morgan fingerprint density at radius 2 is 2.00 bits per heavy atom. The van der Waals surface area contributed by atoms with Gasteiger partial charge in [0.1, 0.15) is 11.0 Å². The first-order valence-corrected chi connectivity index (χ1v) is 5.49. The summed E-state index contributed by atoms with van der Waals surface area (Å²) in [5, 5.41) is 7.11. The molecule has 0 radical (unpaired) electrons. The molecule has 0 saturated carbocycles. The SMILES string of the molecule is CNc1nc2cnn(C(C)(C)C)c(=O)c2n1C. The van der Waals surface area contributed by atoms with Crippen LogP contribution in [0.4, 0.5) is 5.95 Å². The lowest BCUT2D eigenvalue weighted by Gasteiger charge is -2.20. The number of hydrogen-bond acceptors (Lipinski definition) is 4. The van der Waals surface area contributed by atoms with Crippen molar-refractivity contribution in [3.05, 3.63) is 16.6 Å². The number of anilines is 1. The van der Waals surface area contributed by atoms with E-state index in [0.717, 1.165) is 0 Å². The van der Waals surface area contributed by atoms with Crippen LogP contribution in [-0.2, 0) is 12.6 Å². The Bertz CT molecular complexity index is 617. The Morgan fingerprint density at radius 3 is 2.53 bits per heavy atom. The van der Waals surface area contributed by atoms with Crippen molar-refractivity contribution in [1.29, 1.82) is 0 Å². The number of hydrogen-bond donors (Lipinski definition) is 1. The van der Waals surface area contributed by atoms with Crippen LogP contribution in [0, 0.1) is 0 Å². The molecule has 2 rings (SSSR count). The second kappa shape index (κ2) is 3.58. The van der Waals surface area contributed by atoms with Crippen molar-refractivity contribution in [2.75, 3.05) is 12.4 Å². The van der Waals surface area contributed by atoms with Crippen LogP contribution in [0.1, 0.15) is 20.8 Å². The van der Waals surface area contributed by atoms with Crippen LogP contribution in [0.2, 0.25) is 0 Å². The topological polar surface area (TPSA) is 64.7 Å². The average Bonchev–Trinajstić information content (AvgIpc) is 2.54. The largest absolute Gasteiger partial charge is 0.359 e. The fraction of sp³-hybridized carbons (Fsp3) is 0.545. The molecule has 0 unspecified atom stereocenters. The van der Waals surface area contributed by atoms with Crippen molar-refractivity contribution in [3.8, 4) is 0 Å². The van der Waals surface area contributed by atoms with Gasteiger partial charge in [-0.1, -0.05) is 0 Å². The van der Waals surface area contributed by atoms with E-state index in [9.17, 15) is 4.79 Å². The lowest BCUT2D eigenvalue weighted by Crippen LogP contribution is -2.36. The third-order valence-corrected chi connectivity index (χ3v) is 2.67. The molecule has 17 heavy (non-hydrogen) atoms. The van der Waals surface area contributed by atoms with Crippen LogP contribution < -0.4 is 10.9 Å². The Balaban J connectivity index is 2.84. The summed E-state index contributed by atoms with van der Waals surface area (Å²) in [6, 6.07) is 0. The van der Waals surface area contributed by atoms with Gasteiger partial charge in [-0.05, 0) is 20.8 Å². The van der Waals surface area contributed by atoms with Crippen LogP contribution in [0.5, 0.6) is 0 Å². The molecule has 92 valence electrons. The maximum Gasteiger partial charge on any atom is 0.293 e. The quantitative estimate of drug-likeness (QED) is 0.798. The van der Waals surface area contributed by atoms with E-state index in [0.29, 0.717) is 17.0 Å². The molecule has 2 heterocycles. The van der Waals surface area contributed by atoms with E-state index in [1.165, 1.54) is 4.68 Å². The number of aryl methyl sites for hydroxylation is 1. The molecular formula is C11H17N5O. The highest BCUT2D eigenvalue weighted by atomic mass is 16.1. The first-order chi connectivity index (χ1) is 7.86. The summed E-state index contributed by atoms with van der Waals surface area (Å²) in [6.45, 7) is 5.84. The van der Waals surface area contributed by atoms with E-state index in [2.05, 4.69) is 15.4 Å². The smallest absolute Gasteiger partial charge is 0.293 e. The maximum atomic E-state index is 12.3. The average molecular weight is 235 g/mol. The molecule has 6 heteroatoms. The Kier molecular flexibility index (Phi) is 2.45. The number of fused-ring (bicyclic) bond motifs is 1. The van der Waals surface area contributed by atoms with E-state index in [1.807, 2.05) is 27.8 Å². The summed E-state index contributed by atoms with van der Waals surface area (Å²) >= 11 is 0. The minimum absolute atomic E-state index is 0.119. The maximum absolute atomic E-state index is 12.3. The summed E-state index contributed by atoms with van der Waals surface area (Å²) in [4.78, 5) is 16.6. The summed E-state index contributed by atoms with van der Waals surface area (Å²) in [5.74, 6) is 0.658. The Hall–Kier alpha value is -1.85. The van der Waals surface area contributed by atoms with Gasteiger partial charge in [0.25, 0.3) is 5.56 Å². The van der Waals surface area contributed by atoms with Gasteiger partial charge in [-0.3, -0.25) is 4.79 Å². The van der Waals surface area contributed by atoms with Gasteiger partial charge in [-0.25, -0.2) is 9.67 Å². The molecular weight excluding hydrogens is 218 g/mol. The third kappa shape index (κ3) is 1.69. The molecule has 0 aliphatic rings. The molecule has 6 nitrogen and oxygen atoms in total. The van der Waals surface area contributed by atoms with Gasteiger partial charge in [-0.2, -0.15) is 5.10 Å². The van der Waals surface area contributed by atoms with E-state index < -0.39 is 0 Å². The highest BCUT2D eigenvalue weighted by Crippen LogP contribution is 2.15. The molecule has 2 aromatic rings. The van der Waals surface area contributed by atoms with E-state index in [1.54, 1.807) is 17.8 Å². The Labute approximate surface area is 99.3 Å². The lowest BCUT2D eigenvalue weighted by molar-refractivity contribution is 0.340. The molecule has 0 aliphatic carbocycles. The van der Waals surface area contributed by atoms with Gasteiger partial charge in [0, 0.05) is 14.1 Å². The van der Waals surface area contributed by atoms with Gasteiger partial charge >= 0.3 is 0 Å². The number of imidazole rings is 1. The second-order valence-corrected chi connectivity index (χ2v) is 5.01. The molecule has 0 atom stereocenters. The normalized spacial score (nSPS) is 12.1. The van der Waals surface area contributed by atoms with Gasteiger partial charge in [0.05, 0.1) is 11.7 Å². The number of nitrogens with one attached hydrogen (secondary N) is 1. The fourth-order valence-corrected chi connectivity index (χ4v) is 1.83. The predicted molar refractivity (Wildman–Crippen MR) is 67.3 cm³/mol. The van der Waals surface area contributed by atoms with E-state index >= 15 is 0 Å². The van der Waals surface area contributed by atoms with Crippen molar-refractivity contribution in [3.63, 3.8) is 0 Å². The van der Waals surface area contributed by atoms with Crippen molar-refractivity contribution < 1.29 is 0 Å². The number of rotatable bonds is 1. The van der Waals surface area contributed by atoms with Crippen LogP contribution in [0.3, 0.4) is 0 Å². The van der Waals surface area contributed by atoms with Gasteiger partial charge < -0.3 is 9.88 Å². The standard InChI is InChI=1S/C11H17N5O/c1-11(2,3)16-9(17)8-7(6-13-16)14-10(12-4)15(8)5/h6H,1-5H3,(H,12,14). The van der Waals surface area contributed by atoms with Gasteiger partial charge in [0.2, 0.25) is 5.95 Å². The fourth-order valence-electron chi connectivity index (χ4n) is 1.83. The summed E-state index contributed by atoms with van der Waals surface area (Å²) < 4.78 is 3.23. The van der Waals surface area contributed by atoms with E-state index in [4.69, 9.17) is 0 Å². The summed E-state index contributed by atoms with van der Waals surface area (Å²) in [5.41, 5.74) is 0.725. The molecule has 0 aliphatic heterocycles. The number of aromatic nitrogens is 4. The zero-order chi connectivity index (χ0) is 12.8. The van der Waals surface area contributed by atoms with Crippen molar-refractivity contribution >= 4 is 17.0 Å². The molecule has 0 fully saturated rings. The molecule has 0 spiro atoms. The minimum Gasteiger partial charge on any atom is -0.359 e. The third-order valence-electron chi connectivity index (χ3n) is 2.67. The highest BCUT2D eigenvalue weighted by molar-refractivity contribution is 5.76. The minimum atomic E-state index is -0.338. The van der Waals surface area contributed by atoms with Crippen molar-refractivity contribution in [2.24, 2.45) is 7.05 Å². The number of nitrogens with zero attached hydrogens (tertiary/aromatic N) is 4. The van der Waals surface area contributed by atoms with E-state index in [-0.39, 0.29) is 11.1 Å². The molecule has 0 amide bonds. The first-order valence-electron chi connectivity index (χ1n) is 5.49. The predicted octanol–water partition coefficient (Wildman–Crippen LogP) is 0.927. The second-order valence-electron chi connectivity index (χ2n) is 5.01. The van der Waals surface area contributed by atoms with Gasteiger partial charge in [-0.15, -0.1) is 0 Å². The van der Waals surface area contributed by atoms with Gasteiger partial charge in [0.15, 0.2) is 0 Å². The Morgan fingerprint density at radius 1 is 1.35 bits per heavy atom. The summed E-state index contributed by atoms with van der Waals surface area (Å²) in [6.07, 6.45) is 1.63. The first kappa shape index (κ1) is 11.6. The summed E-state index contributed by atoms with van der Waals surface area (Å²) in [7, 11) is 3.59. The van der Waals surface area contributed by atoms with Crippen molar-refractivity contribution in [1.82, 2.24) is 19.3 Å².